The summed E-state index contributed by atoms with van der Waals surface area (Å²) in [6.07, 6.45) is 1.57. The summed E-state index contributed by atoms with van der Waals surface area (Å²) in [5.41, 5.74) is 0.255. The summed E-state index contributed by atoms with van der Waals surface area (Å²) >= 11 is 3.22. The number of rotatable bonds is 4. The molecular formula is C12H13BrN2O3. The van der Waals surface area contributed by atoms with Gasteiger partial charge in [-0.25, -0.2) is 9.59 Å². The third-order valence-corrected chi connectivity index (χ3v) is 2.67. The largest absolute Gasteiger partial charge is 0.478 e. The summed E-state index contributed by atoms with van der Waals surface area (Å²) < 4.78 is 0.680. The summed E-state index contributed by atoms with van der Waals surface area (Å²) in [6.45, 7) is 5.29. The molecule has 96 valence electrons. The van der Waals surface area contributed by atoms with Gasteiger partial charge in [0.2, 0.25) is 0 Å². The minimum absolute atomic E-state index is 0.0274. The van der Waals surface area contributed by atoms with E-state index < -0.39 is 12.0 Å². The molecule has 1 rings (SSSR count). The molecule has 1 aromatic rings. The fourth-order valence-corrected chi connectivity index (χ4v) is 1.59. The smallest absolute Gasteiger partial charge is 0.337 e. The zero-order valence-corrected chi connectivity index (χ0v) is 11.3. The van der Waals surface area contributed by atoms with E-state index in [0.29, 0.717) is 4.47 Å². The molecule has 0 radical (unpaired) electrons. The number of hydrogen-bond acceptors (Lipinski definition) is 2. The molecule has 0 aliphatic rings. The van der Waals surface area contributed by atoms with E-state index >= 15 is 0 Å². The van der Waals surface area contributed by atoms with Crippen molar-refractivity contribution < 1.29 is 14.7 Å². The lowest BCUT2D eigenvalue weighted by Gasteiger charge is -2.12. The van der Waals surface area contributed by atoms with Crippen molar-refractivity contribution >= 4 is 33.6 Å². The third kappa shape index (κ3) is 3.89. The number of carbonyl (C=O) groups excluding carboxylic acids is 1. The summed E-state index contributed by atoms with van der Waals surface area (Å²) in [5.74, 6) is -1.10. The van der Waals surface area contributed by atoms with Gasteiger partial charge in [0, 0.05) is 10.5 Å². The first-order valence-corrected chi connectivity index (χ1v) is 5.96. The lowest BCUT2D eigenvalue weighted by Crippen LogP contribution is -2.35. The Kier molecular flexibility index (Phi) is 4.91. The number of carboxylic acid groups (broad SMARTS) is 1. The average Bonchev–Trinajstić information content (AvgIpc) is 2.28. The Morgan fingerprint density at radius 3 is 2.72 bits per heavy atom. The van der Waals surface area contributed by atoms with Crippen molar-refractivity contribution in [3.8, 4) is 0 Å². The van der Waals surface area contributed by atoms with Crippen LogP contribution in [0.5, 0.6) is 0 Å². The van der Waals surface area contributed by atoms with Gasteiger partial charge >= 0.3 is 12.0 Å². The van der Waals surface area contributed by atoms with Gasteiger partial charge in [-0.15, -0.1) is 6.58 Å². The van der Waals surface area contributed by atoms with Gasteiger partial charge in [0.05, 0.1) is 11.3 Å². The van der Waals surface area contributed by atoms with Crippen LogP contribution in [0.4, 0.5) is 10.5 Å². The van der Waals surface area contributed by atoms with Crippen LogP contribution < -0.4 is 10.6 Å². The maximum Gasteiger partial charge on any atom is 0.337 e. The molecule has 0 aromatic heterocycles. The molecule has 0 aliphatic heterocycles. The van der Waals surface area contributed by atoms with Crippen LogP contribution in [0.2, 0.25) is 0 Å². The first-order chi connectivity index (χ1) is 8.43. The SMILES string of the molecule is C=CC(C)NC(=O)Nc1cc(Br)ccc1C(=O)O. The van der Waals surface area contributed by atoms with Gasteiger partial charge in [-0.3, -0.25) is 0 Å². The zero-order valence-electron chi connectivity index (χ0n) is 9.74. The van der Waals surface area contributed by atoms with Gasteiger partial charge < -0.3 is 15.7 Å². The minimum Gasteiger partial charge on any atom is -0.478 e. The number of urea groups is 1. The summed E-state index contributed by atoms with van der Waals surface area (Å²) in [4.78, 5) is 22.6. The van der Waals surface area contributed by atoms with E-state index in [9.17, 15) is 9.59 Å². The van der Waals surface area contributed by atoms with E-state index in [1.165, 1.54) is 12.1 Å². The van der Waals surface area contributed by atoms with Crippen LogP contribution in [-0.4, -0.2) is 23.1 Å². The van der Waals surface area contributed by atoms with Crippen LogP contribution in [0.3, 0.4) is 0 Å². The summed E-state index contributed by atoms with van der Waals surface area (Å²) in [7, 11) is 0. The van der Waals surface area contributed by atoms with Crippen molar-refractivity contribution in [3.63, 3.8) is 0 Å². The van der Waals surface area contributed by atoms with Gasteiger partial charge in [-0.1, -0.05) is 22.0 Å². The molecule has 6 heteroatoms. The van der Waals surface area contributed by atoms with E-state index in [4.69, 9.17) is 5.11 Å². The molecule has 1 atom stereocenters. The van der Waals surface area contributed by atoms with Gasteiger partial charge in [0.1, 0.15) is 0 Å². The van der Waals surface area contributed by atoms with Crippen molar-refractivity contribution in [3.05, 3.63) is 40.9 Å². The third-order valence-electron chi connectivity index (χ3n) is 2.17. The lowest BCUT2D eigenvalue weighted by molar-refractivity contribution is 0.0698. The second-order valence-corrected chi connectivity index (χ2v) is 4.53. The highest BCUT2D eigenvalue weighted by Gasteiger charge is 2.13. The Hall–Kier alpha value is -1.82. The molecule has 0 bridgehead atoms. The minimum atomic E-state index is -1.10. The van der Waals surface area contributed by atoms with Crippen LogP contribution in [0.15, 0.2) is 35.3 Å². The predicted octanol–water partition coefficient (Wildman–Crippen LogP) is 2.84. The Bertz CT molecular complexity index is 488. The quantitative estimate of drug-likeness (QED) is 0.748. The first-order valence-electron chi connectivity index (χ1n) is 5.17. The molecule has 0 aliphatic carbocycles. The molecule has 3 N–H and O–H groups in total. The Labute approximate surface area is 113 Å². The van der Waals surface area contributed by atoms with Gasteiger partial charge in [-0.05, 0) is 25.1 Å². The number of carbonyl (C=O) groups is 2. The van der Waals surface area contributed by atoms with Crippen molar-refractivity contribution in [2.24, 2.45) is 0 Å². The van der Waals surface area contributed by atoms with Crippen LogP contribution in [-0.2, 0) is 0 Å². The van der Waals surface area contributed by atoms with E-state index in [2.05, 4.69) is 33.1 Å². The number of nitrogens with one attached hydrogen (secondary N) is 2. The Balaban J connectivity index is 2.89. The van der Waals surface area contributed by atoms with Gasteiger partial charge in [0.25, 0.3) is 0 Å². The van der Waals surface area contributed by atoms with Crippen molar-refractivity contribution in [1.29, 1.82) is 0 Å². The highest BCUT2D eigenvalue weighted by molar-refractivity contribution is 9.10. The first kappa shape index (κ1) is 14.2. The molecule has 0 spiro atoms. The number of hydrogen-bond donors (Lipinski definition) is 3. The fraction of sp³-hybridized carbons (Fsp3) is 0.167. The molecule has 0 heterocycles. The number of benzene rings is 1. The van der Waals surface area contributed by atoms with Crippen molar-refractivity contribution in [2.45, 2.75) is 13.0 Å². The van der Waals surface area contributed by atoms with E-state index in [0.717, 1.165) is 0 Å². The Morgan fingerprint density at radius 2 is 2.17 bits per heavy atom. The molecule has 1 aromatic carbocycles. The number of amides is 2. The predicted molar refractivity (Wildman–Crippen MR) is 72.9 cm³/mol. The lowest BCUT2D eigenvalue weighted by atomic mass is 10.2. The van der Waals surface area contributed by atoms with Gasteiger partial charge in [0.15, 0.2) is 0 Å². The molecule has 0 fully saturated rings. The molecule has 18 heavy (non-hydrogen) atoms. The molecule has 5 nitrogen and oxygen atoms in total. The molecule has 2 amide bonds. The topological polar surface area (TPSA) is 78.4 Å². The van der Waals surface area contributed by atoms with Crippen molar-refractivity contribution in [1.82, 2.24) is 5.32 Å². The van der Waals surface area contributed by atoms with E-state index in [1.54, 1.807) is 19.1 Å². The number of carboxylic acids is 1. The molecule has 0 saturated carbocycles. The zero-order chi connectivity index (χ0) is 13.7. The second kappa shape index (κ2) is 6.20. The maximum atomic E-state index is 11.6. The maximum absolute atomic E-state index is 11.6. The van der Waals surface area contributed by atoms with Crippen LogP contribution in [0.1, 0.15) is 17.3 Å². The fourth-order valence-electron chi connectivity index (χ4n) is 1.23. The summed E-state index contributed by atoms with van der Waals surface area (Å²) in [5, 5.41) is 14.1. The highest BCUT2D eigenvalue weighted by atomic mass is 79.9. The number of aromatic carboxylic acids is 1. The number of anilines is 1. The monoisotopic (exact) mass is 312 g/mol. The van der Waals surface area contributed by atoms with Gasteiger partial charge in [-0.2, -0.15) is 0 Å². The molecule has 1 unspecified atom stereocenters. The van der Waals surface area contributed by atoms with E-state index in [-0.39, 0.29) is 17.3 Å². The van der Waals surface area contributed by atoms with Crippen LogP contribution >= 0.6 is 15.9 Å². The highest BCUT2D eigenvalue weighted by Crippen LogP contribution is 2.21. The van der Waals surface area contributed by atoms with E-state index in [1.807, 2.05) is 0 Å². The molecular weight excluding hydrogens is 300 g/mol. The van der Waals surface area contributed by atoms with Crippen LogP contribution in [0, 0.1) is 0 Å². The molecule has 0 saturated heterocycles. The van der Waals surface area contributed by atoms with Crippen molar-refractivity contribution in [2.75, 3.05) is 5.32 Å². The Morgan fingerprint density at radius 1 is 1.50 bits per heavy atom. The average molecular weight is 313 g/mol. The second-order valence-electron chi connectivity index (χ2n) is 3.62. The van der Waals surface area contributed by atoms with Crippen LogP contribution in [0.25, 0.3) is 0 Å². The summed E-state index contributed by atoms with van der Waals surface area (Å²) in [6, 6.07) is 3.85. The number of halogens is 1. The standard InChI is InChI=1S/C12H13BrN2O3/c1-3-7(2)14-12(18)15-10-6-8(13)4-5-9(10)11(16)17/h3-7H,1H2,2H3,(H,16,17)(H2,14,15,18). The normalized spacial score (nSPS) is 11.4.